The van der Waals surface area contributed by atoms with E-state index in [9.17, 15) is 9.59 Å². The molecule has 1 aliphatic rings. The summed E-state index contributed by atoms with van der Waals surface area (Å²) in [6.45, 7) is 8.88. The van der Waals surface area contributed by atoms with E-state index in [4.69, 9.17) is 0 Å². The Labute approximate surface area is 208 Å². The van der Waals surface area contributed by atoms with Crippen molar-refractivity contribution in [2.75, 3.05) is 38.0 Å². The van der Waals surface area contributed by atoms with Crippen molar-refractivity contribution in [1.29, 1.82) is 0 Å². The molecule has 2 aromatic carbocycles. The molecular formula is C27H29N5O2S. The van der Waals surface area contributed by atoms with Gasteiger partial charge in [0.25, 0.3) is 5.56 Å². The summed E-state index contributed by atoms with van der Waals surface area (Å²) >= 11 is 1.53. The van der Waals surface area contributed by atoms with Crippen LogP contribution < -0.4 is 10.9 Å². The number of nitrogens with zero attached hydrogens (tertiary/aromatic N) is 3. The van der Waals surface area contributed by atoms with Crippen LogP contribution in [0.15, 0.2) is 59.4 Å². The van der Waals surface area contributed by atoms with Gasteiger partial charge in [0.15, 0.2) is 0 Å². The van der Waals surface area contributed by atoms with Gasteiger partial charge in [0.2, 0.25) is 5.91 Å². The topological polar surface area (TPSA) is 81.3 Å². The first-order chi connectivity index (χ1) is 17.0. The summed E-state index contributed by atoms with van der Waals surface area (Å²) in [7, 11) is 0. The van der Waals surface area contributed by atoms with E-state index < -0.39 is 0 Å². The van der Waals surface area contributed by atoms with Gasteiger partial charge in [-0.3, -0.25) is 19.4 Å². The van der Waals surface area contributed by atoms with Crippen molar-refractivity contribution < 1.29 is 4.79 Å². The molecule has 7 nitrogen and oxygen atoms in total. The SMILES string of the molecule is Cc1sc2nc(-c3cccc(NC(=O)CN4CCN(Cc5ccccc5)CC4)c3)[nH]c(=O)c2c1C. The second kappa shape index (κ2) is 10.1. The summed E-state index contributed by atoms with van der Waals surface area (Å²) in [5.74, 6) is 0.467. The van der Waals surface area contributed by atoms with E-state index in [1.54, 1.807) is 0 Å². The van der Waals surface area contributed by atoms with E-state index >= 15 is 0 Å². The summed E-state index contributed by atoms with van der Waals surface area (Å²) in [6.07, 6.45) is 0. The van der Waals surface area contributed by atoms with Crippen LogP contribution in [-0.2, 0) is 11.3 Å². The van der Waals surface area contributed by atoms with E-state index in [-0.39, 0.29) is 11.5 Å². The average Bonchev–Trinajstić information content (AvgIpc) is 3.14. The molecule has 8 heteroatoms. The summed E-state index contributed by atoms with van der Waals surface area (Å²) in [5, 5.41) is 3.66. The van der Waals surface area contributed by atoms with Crippen molar-refractivity contribution in [3.8, 4) is 11.4 Å². The van der Waals surface area contributed by atoms with Gasteiger partial charge in [0.1, 0.15) is 10.7 Å². The molecule has 1 fully saturated rings. The molecule has 0 radical (unpaired) electrons. The van der Waals surface area contributed by atoms with Crippen molar-refractivity contribution in [2.24, 2.45) is 0 Å². The van der Waals surface area contributed by atoms with Crippen LogP contribution in [0.4, 0.5) is 5.69 Å². The molecule has 0 atom stereocenters. The Morgan fingerprint density at radius 2 is 1.77 bits per heavy atom. The largest absolute Gasteiger partial charge is 0.325 e. The highest BCUT2D eigenvalue weighted by atomic mass is 32.1. The van der Waals surface area contributed by atoms with Crippen molar-refractivity contribution in [3.63, 3.8) is 0 Å². The first-order valence-corrected chi connectivity index (χ1v) is 12.7. The number of H-pyrrole nitrogens is 1. The third kappa shape index (κ3) is 5.35. The fourth-order valence-electron chi connectivity index (χ4n) is 4.49. The van der Waals surface area contributed by atoms with Crippen LogP contribution in [-0.4, -0.2) is 58.4 Å². The summed E-state index contributed by atoms with van der Waals surface area (Å²) in [6, 6.07) is 17.9. The third-order valence-electron chi connectivity index (χ3n) is 6.54. The van der Waals surface area contributed by atoms with Crippen LogP contribution in [0.1, 0.15) is 16.0 Å². The molecular weight excluding hydrogens is 458 g/mol. The molecule has 1 saturated heterocycles. The molecule has 2 aromatic heterocycles. The lowest BCUT2D eigenvalue weighted by Crippen LogP contribution is -2.48. The van der Waals surface area contributed by atoms with Crippen LogP contribution in [0.25, 0.3) is 21.6 Å². The van der Waals surface area contributed by atoms with Crippen LogP contribution in [0.5, 0.6) is 0 Å². The number of piperazine rings is 1. The first-order valence-electron chi connectivity index (χ1n) is 11.9. The van der Waals surface area contributed by atoms with Crippen molar-refractivity contribution in [3.05, 3.63) is 81.0 Å². The highest BCUT2D eigenvalue weighted by molar-refractivity contribution is 7.18. The Bertz CT molecular complexity index is 1400. The zero-order chi connectivity index (χ0) is 24.4. The molecule has 0 unspecified atom stereocenters. The van der Waals surface area contributed by atoms with E-state index in [0.29, 0.717) is 23.4 Å². The minimum atomic E-state index is -0.132. The standard InChI is InChI=1S/C27H29N5O2S/c1-18-19(2)35-27-24(18)26(34)29-25(30-27)21-9-6-10-22(15-21)28-23(33)17-32-13-11-31(12-14-32)16-20-7-4-3-5-8-20/h3-10,15H,11-14,16-17H2,1-2H3,(H,28,33)(H,29,30,34). The number of fused-ring (bicyclic) bond motifs is 1. The maximum Gasteiger partial charge on any atom is 0.260 e. The van der Waals surface area contributed by atoms with Crippen molar-refractivity contribution in [2.45, 2.75) is 20.4 Å². The molecule has 4 aromatic rings. The summed E-state index contributed by atoms with van der Waals surface area (Å²) in [4.78, 5) is 39.4. The molecule has 5 rings (SSSR count). The van der Waals surface area contributed by atoms with E-state index in [0.717, 1.165) is 53.6 Å². The number of hydrogen-bond acceptors (Lipinski definition) is 6. The minimum absolute atomic E-state index is 0.0416. The number of anilines is 1. The number of amides is 1. The fraction of sp³-hybridized carbons (Fsp3) is 0.296. The number of aromatic amines is 1. The molecule has 0 spiro atoms. The number of aromatic nitrogens is 2. The highest BCUT2D eigenvalue weighted by Crippen LogP contribution is 2.28. The lowest BCUT2D eigenvalue weighted by Gasteiger charge is -2.34. The number of carbonyl (C=O) groups excluding carboxylic acids is 1. The quantitative estimate of drug-likeness (QED) is 0.429. The lowest BCUT2D eigenvalue weighted by atomic mass is 10.1. The fourth-order valence-corrected chi connectivity index (χ4v) is 5.52. The molecule has 2 N–H and O–H groups in total. The van der Waals surface area contributed by atoms with Crippen LogP contribution in [0, 0.1) is 13.8 Å². The minimum Gasteiger partial charge on any atom is -0.325 e. The molecule has 0 bridgehead atoms. The van der Waals surface area contributed by atoms with Gasteiger partial charge < -0.3 is 10.3 Å². The summed E-state index contributed by atoms with van der Waals surface area (Å²) < 4.78 is 0. The smallest absolute Gasteiger partial charge is 0.260 e. The molecule has 180 valence electrons. The van der Waals surface area contributed by atoms with E-state index in [1.165, 1.54) is 16.9 Å². The molecule has 1 amide bonds. The molecule has 0 aliphatic carbocycles. The van der Waals surface area contributed by atoms with Gasteiger partial charge in [-0.15, -0.1) is 11.3 Å². The van der Waals surface area contributed by atoms with E-state index in [2.05, 4.69) is 49.4 Å². The maximum absolute atomic E-state index is 12.7. The van der Waals surface area contributed by atoms with Gasteiger partial charge in [0.05, 0.1) is 11.9 Å². The first kappa shape index (κ1) is 23.4. The Morgan fingerprint density at radius 1 is 1.03 bits per heavy atom. The average molecular weight is 488 g/mol. The number of carbonyl (C=O) groups is 1. The zero-order valence-electron chi connectivity index (χ0n) is 20.0. The van der Waals surface area contributed by atoms with Crippen LogP contribution in [0.3, 0.4) is 0 Å². The number of rotatable bonds is 6. The van der Waals surface area contributed by atoms with Crippen molar-refractivity contribution >= 4 is 33.1 Å². The predicted molar refractivity (Wildman–Crippen MR) is 142 cm³/mol. The van der Waals surface area contributed by atoms with Gasteiger partial charge in [-0.25, -0.2) is 4.98 Å². The number of aryl methyl sites for hydroxylation is 2. The van der Waals surface area contributed by atoms with E-state index in [1.807, 2.05) is 44.2 Å². The molecule has 35 heavy (non-hydrogen) atoms. The monoisotopic (exact) mass is 487 g/mol. The molecule has 3 heterocycles. The maximum atomic E-state index is 12.7. The second-order valence-electron chi connectivity index (χ2n) is 9.04. The lowest BCUT2D eigenvalue weighted by molar-refractivity contribution is -0.117. The Balaban J connectivity index is 1.20. The van der Waals surface area contributed by atoms with Crippen molar-refractivity contribution in [1.82, 2.24) is 19.8 Å². The van der Waals surface area contributed by atoms with Gasteiger partial charge in [-0.1, -0.05) is 42.5 Å². The number of thiophene rings is 1. The second-order valence-corrected chi connectivity index (χ2v) is 10.2. The number of benzene rings is 2. The Morgan fingerprint density at radius 3 is 2.54 bits per heavy atom. The van der Waals surface area contributed by atoms with Crippen LogP contribution >= 0.6 is 11.3 Å². The van der Waals surface area contributed by atoms with Gasteiger partial charge in [-0.2, -0.15) is 0 Å². The highest BCUT2D eigenvalue weighted by Gasteiger charge is 2.19. The van der Waals surface area contributed by atoms with Crippen LogP contribution in [0.2, 0.25) is 0 Å². The zero-order valence-corrected chi connectivity index (χ0v) is 20.8. The van der Waals surface area contributed by atoms with Gasteiger partial charge in [0, 0.05) is 48.9 Å². The summed E-state index contributed by atoms with van der Waals surface area (Å²) in [5.41, 5.74) is 3.62. The molecule has 1 aliphatic heterocycles. The normalized spacial score (nSPS) is 14.9. The Kier molecular flexibility index (Phi) is 6.77. The Hall–Kier alpha value is -3.33. The number of hydrogen-bond donors (Lipinski definition) is 2. The third-order valence-corrected chi connectivity index (χ3v) is 7.64. The number of nitrogens with one attached hydrogen (secondary N) is 2. The predicted octanol–water partition coefficient (Wildman–Crippen LogP) is 4.02. The van der Waals surface area contributed by atoms with Gasteiger partial charge in [-0.05, 0) is 37.1 Å². The molecule has 0 saturated carbocycles. The van der Waals surface area contributed by atoms with Gasteiger partial charge >= 0.3 is 0 Å².